The van der Waals surface area contributed by atoms with Crippen LogP contribution in [0.4, 0.5) is 0 Å². The molecule has 11 heteroatoms. The van der Waals surface area contributed by atoms with Crippen molar-refractivity contribution in [3.8, 4) is 11.5 Å². The Bertz CT molecular complexity index is 1360. The van der Waals surface area contributed by atoms with Gasteiger partial charge in [-0.3, -0.25) is 14.4 Å². The van der Waals surface area contributed by atoms with Gasteiger partial charge in [0.2, 0.25) is 11.8 Å². The van der Waals surface area contributed by atoms with Gasteiger partial charge in [0, 0.05) is 25.6 Å². The number of ether oxygens (including phenoxy) is 3. The lowest BCUT2D eigenvalue weighted by molar-refractivity contribution is -0.178. The van der Waals surface area contributed by atoms with Gasteiger partial charge >= 0.3 is 5.97 Å². The second-order valence-electron chi connectivity index (χ2n) is 10.9. The predicted molar refractivity (Wildman–Crippen MR) is 159 cm³/mol. The van der Waals surface area contributed by atoms with Gasteiger partial charge in [0.25, 0.3) is 5.91 Å². The summed E-state index contributed by atoms with van der Waals surface area (Å²) in [4.78, 5) is 55.3. The molecule has 3 amide bonds. The average Bonchev–Trinajstić information content (AvgIpc) is 2.96. The van der Waals surface area contributed by atoms with Gasteiger partial charge < -0.3 is 24.2 Å². The summed E-state index contributed by atoms with van der Waals surface area (Å²) in [5.41, 5.74) is 1.29. The summed E-state index contributed by atoms with van der Waals surface area (Å²) in [7, 11) is 2.95. The van der Waals surface area contributed by atoms with Gasteiger partial charge in [0.1, 0.15) is 6.04 Å². The number of carbonyl (C=O) groups is 4. The summed E-state index contributed by atoms with van der Waals surface area (Å²) >= 11 is 0. The molecule has 0 bridgehead atoms. The highest BCUT2D eigenvalue weighted by molar-refractivity contribution is 5.98. The lowest BCUT2D eigenvalue weighted by atomic mass is 9.96. The molecule has 0 aliphatic carbocycles. The Morgan fingerprint density at radius 2 is 1.58 bits per heavy atom. The van der Waals surface area contributed by atoms with Gasteiger partial charge in [-0.05, 0) is 49.9 Å². The van der Waals surface area contributed by atoms with E-state index in [9.17, 15) is 24.3 Å². The van der Waals surface area contributed by atoms with Gasteiger partial charge in [-0.1, -0.05) is 44.2 Å². The lowest BCUT2D eigenvalue weighted by Crippen LogP contribution is -2.64. The fourth-order valence-corrected chi connectivity index (χ4v) is 5.11. The lowest BCUT2D eigenvalue weighted by Gasteiger charge is -2.47. The van der Waals surface area contributed by atoms with Gasteiger partial charge in [-0.2, -0.15) is 0 Å². The Kier molecular flexibility index (Phi) is 10.9. The van der Waals surface area contributed by atoms with E-state index < -0.39 is 42.1 Å². The Hall–Kier alpha value is -4.38. The standard InChI is InChI=1S/C32H41N3O8/c1-19(2)29-31(39)35(26(18-33(29)21(5)36)24-14-15-27(41-7)28(17-24)42-8)34(22(6)37)25(16-23-12-10-9-11-13-23)30(38)32(40)43-20(3)4/h9-15,17-20,25,29-30,38H,16H2,1-8H3/t25-,29?,30?/m0/s1. The van der Waals surface area contributed by atoms with Crippen LogP contribution in [0.3, 0.4) is 0 Å². The van der Waals surface area contributed by atoms with Crippen LogP contribution in [0.5, 0.6) is 11.5 Å². The molecule has 0 spiro atoms. The monoisotopic (exact) mass is 595 g/mol. The normalized spacial score (nSPS) is 16.5. The summed E-state index contributed by atoms with van der Waals surface area (Å²) in [6, 6.07) is 11.7. The number of rotatable bonds is 11. The molecule has 0 radical (unpaired) electrons. The third-order valence-corrected chi connectivity index (χ3v) is 7.02. The molecule has 1 aliphatic heterocycles. The molecular weight excluding hydrogens is 554 g/mol. The zero-order valence-corrected chi connectivity index (χ0v) is 25.9. The number of nitrogens with zero attached hydrogens (tertiary/aromatic N) is 3. The second kappa shape index (κ2) is 14.2. The quantitative estimate of drug-likeness (QED) is 0.392. The molecule has 2 aromatic rings. The van der Waals surface area contributed by atoms with Gasteiger partial charge in [0.15, 0.2) is 17.6 Å². The molecule has 1 heterocycles. The number of hydrazine groups is 1. The van der Waals surface area contributed by atoms with Crippen LogP contribution in [0.15, 0.2) is 54.7 Å². The fraction of sp³-hybridized carbons (Fsp3) is 0.438. The van der Waals surface area contributed by atoms with Crippen LogP contribution in [0.25, 0.3) is 5.70 Å². The minimum Gasteiger partial charge on any atom is -0.493 e. The molecule has 43 heavy (non-hydrogen) atoms. The van der Waals surface area contributed by atoms with E-state index >= 15 is 0 Å². The highest BCUT2D eigenvalue weighted by atomic mass is 16.6. The molecule has 11 nitrogen and oxygen atoms in total. The minimum atomic E-state index is -1.81. The first-order chi connectivity index (χ1) is 20.3. The number of aliphatic hydroxyl groups excluding tert-OH is 1. The summed E-state index contributed by atoms with van der Waals surface area (Å²) in [6.45, 7) is 9.48. The Labute approximate surface area is 252 Å². The number of esters is 1. The molecule has 1 N–H and O–H groups in total. The predicted octanol–water partition coefficient (Wildman–Crippen LogP) is 3.40. The summed E-state index contributed by atoms with van der Waals surface area (Å²) in [5.74, 6) is -2.08. The summed E-state index contributed by atoms with van der Waals surface area (Å²) < 4.78 is 16.2. The van der Waals surface area contributed by atoms with Crippen molar-refractivity contribution in [1.82, 2.24) is 14.9 Å². The average molecular weight is 596 g/mol. The van der Waals surface area contributed by atoms with Gasteiger partial charge in [-0.15, -0.1) is 0 Å². The summed E-state index contributed by atoms with van der Waals surface area (Å²) in [6.07, 6.45) is -0.822. The number of hydrogen-bond donors (Lipinski definition) is 1. The molecular formula is C32H41N3O8. The minimum absolute atomic E-state index is 0.0144. The number of hydrogen-bond acceptors (Lipinski definition) is 8. The van der Waals surface area contributed by atoms with Crippen LogP contribution in [0.1, 0.15) is 52.7 Å². The first kappa shape index (κ1) is 33.1. The van der Waals surface area contributed by atoms with Crippen molar-refractivity contribution in [2.75, 3.05) is 14.2 Å². The number of aliphatic hydroxyl groups is 1. The molecule has 2 aromatic carbocycles. The van der Waals surface area contributed by atoms with E-state index in [1.165, 1.54) is 39.2 Å². The van der Waals surface area contributed by atoms with E-state index in [4.69, 9.17) is 14.2 Å². The highest BCUT2D eigenvalue weighted by Gasteiger charge is 2.47. The Balaban J connectivity index is 2.31. The molecule has 0 fully saturated rings. The summed E-state index contributed by atoms with van der Waals surface area (Å²) in [5, 5.41) is 13.7. The van der Waals surface area contributed by atoms with Crippen molar-refractivity contribution >= 4 is 29.4 Å². The van der Waals surface area contributed by atoms with Crippen molar-refractivity contribution in [3.05, 3.63) is 65.9 Å². The van der Waals surface area contributed by atoms with E-state index in [-0.39, 0.29) is 23.9 Å². The van der Waals surface area contributed by atoms with E-state index in [1.807, 2.05) is 6.07 Å². The van der Waals surface area contributed by atoms with Crippen molar-refractivity contribution < 1.29 is 38.5 Å². The molecule has 3 atom stereocenters. The molecule has 2 unspecified atom stereocenters. The van der Waals surface area contributed by atoms with Crippen LogP contribution in [-0.4, -0.2) is 82.2 Å². The van der Waals surface area contributed by atoms with Crippen molar-refractivity contribution in [1.29, 1.82) is 0 Å². The molecule has 232 valence electrons. The maximum absolute atomic E-state index is 14.5. The molecule has 1 aliphatic rings. The number of methoxy groups -OCH3 is 2. The van der Waals surface area contributed by atoms with Crippen LogP contribution >= 0.6 is 0 Å². The van der Waals surface area contributed by atoms with E-state index in [1.54, 1.807) is 70.2 Å². The van der Waals surface area contributed by atoms with Gasteiger partial charge in [0.05, 0.1) is 32.1 Å². The second-order valence-corrected chi connectivity index (χ2v) is 10.9. The molecule has 0 saturated heterocycles. The van der Waals surface area contributed by atoms with E-state index in [2.05, 4.69) is 0 Å². The van der Waals surface area contributed by atoms with Crippen molar-refractivity contribution in [2.45, 2.75) is 72.3 Å². The molecule has 3 rings (SSSR count). The highest BCUT2D eigenvalue weighted by Crippen LogP contribution is 2.37. The topological polar surface area (TPSA) is 126 Å². The van der Waals surface area contributed by atoms with Crippen LogP contribution in [0, 0.1) is 5.92 Å². The number of benzene rings is 2. The zero-order chi connectivity index (χ0) is 32.0. The largest absolute Gasteiger partial charge is 0.493 e. The number of amides is 3. The first-order valence-electron chi connectivity index (χ1n) is 14.1. The van der Waals surface area contributed by atoms with E-state index in [0.29, 0.717) is 22.6 Å². The first-order valence-corrected chi connectivity index (χ1v) is 14.1. The van der Waals surface area contributed by atoms with Crippen LogP contribution < -0.4 is 9.47 Å². The van der Waals surface area contributed by atoms with Crippen molar-refractivity contribution in [2.24, 2.45) is 5.92 Å². The Morgan fingerprint density at radius 3 is 2.09 bits per heavy atom. The molecule has 0 saturated carbocycles. The number of carbonyl (C=O) groups excluding carboxylic acids is 4. The Morgan fingerprint density at radius 1 is 0.953 bits per heavy atom. The smallest absolute Gasteiger partial charge is 0.337 e. The van der Waals surface area contributed by atoms with Crippen molar-refractivity contribution in [3.63, 3.8) is 0 Å². The zero-order valence-electron chi connectivity index (χ0n) is 25.9. The van der Waals surface area contributed by atoms with Crippen LogP contribution in [0.2, 0.25) is 0 Å². The molecule has 0 aromatic heterocycles. The van der Waals surface area contributed by atoms with Crippen LogP contribution in [-0.2, 0) is 30.3 Å². The third kappa shape index (κ3) is 7.34. The fourth-order valence-electron chi connectivity index (χ4n) is 5.11. The third-order valence-electron chi connectivity index (χ3n) is 7.02. The van der Waals surface area contributed by atoms with Gasteiger partial charge in [-0.25, -0.2) is 14.8 Å². The maximum Gasteiger partial charge on any atom is 0.337 e. The SMILES string of the molecule is COc1ccc(C2=CN(C(C)=O)C(C(C)C)C(=O)N2N(C(C)=O)[C@@H](Cc2ccccc2)C(O)C(=O)OC(C)C)cc1OC. The van der Waals surface area contributed by atoms with E-state index in [0.717, 1.165) is 10.0 Å². The maximum atomic E-state index is 14.5.